The van der Waals surface area contributed by atoms with Crippen LogP contribution in [0.5, 0.6) is 11.5 Å². The third kappa shape index (κ3) is 4.64. The van der Waals surface area contributed by atoms with Gasteiger partial charge in [0.2, 0.25) is 5.91 Å². The number of amides is 1. The van der Waals surface area contributed by atoms with E-state index in [0.717, 1.165) is 11.4 Å². The Balaban J connectivity index is 2.88. The number of likely N-dealkylation sites (N-methyl/N-ethyl adjacent to an activating group) is 1. The zero-order valence-corrected chi connectivity index (χ0v) is 12.7. The highest BCUT2D eigenvalue weighted by atomic mass is 16.5. The Bertz CT molecular complexity index is 435. The van der Waals surface area contributed by atoms with E-state index in [2.05, 4.69) is 10.6 Å². The lowest BCUT2D eigenvalue weighted by Crippen LogP contribution is -2.37. The Kier molecular flexibility index (Phi) is 6.70. The van der Waals surface area contributed by atoms with Gasteiger partial charge < -0.3 is 20.1 Å². The molecule has 0 aromatic heterocycles. The number of nitrogens with one attached hydrogen (secondary N) is 2. The largest absolute Gasteiger partial charge is 0.494 e. The van der Waals surface area contributed by atoms with E-state index in [1.54, 1.807) is 0 Å². The molecule has 5 nitrogen and oxygen atoms in total. The Morgan fingerprint density at radius 2 is 1.90 bits per heavy atom. The second kappa shape index (κ2) is 8.30. The first-order chi connectivity index (χ1) is 9.62. The fourth-order valence-corrected chi connectivity index (χ4v) is 1.79. The van der Waals surface area contributed by atoms with Crippen LogP contribution < -0.4 is 20.1 Å². The highest BCUT2D eigenvalue weighted by Crippen LogP contribution is 2.30. The predicted octanol–water partition coefficient (Wildman–Crippen LogP) is 2.42. The summed E-state index contributed by atoms with van der Waals surface area (Å²) in [5, 5.41) is 5.94. The highest BCUT2D eigenvalue weighted by molar-refractivity contribution is 5.84. The van der Waals surface area contributed by atoms with Crippen molar-refractivity contribution < 1.29 is 14.3 Å². The van der Waals surface area contributed by atoms with E-state index in [1.165, 1.54) is 0 Å². The van der Waals surface area contributed by atoms with Crippen LogP contribution in [0.25, 0.3) is 0 Å². The van der Waals surface area contributed by atoms with Crippen LogP contribution in [0.4, 0.5) is 5.69 Å². The van der Waals surface area contributed by atoms with E-state index in [-0.39, 0.29) is 11.9 Å². The summed E-state index contributed by atoms with van der Waals surface area (Å²) in [7, 11) is 0. The summed E-state index contributed by atoms with van der Waals surface area (Å²) in [5.41, 5.74) is 0.761. The van der Waals surface area contributed by atoms with E-state index in [9.17, 15) is 4.79 Å². The lowest BCUT2D eigenvalue weighted by molar-refractivity contribution is -0.121. The molecule has 0 aliphatic rings. The van der Waals surface area contributed by atoms with Gasteiger partial charge in [-0.15, -0.1) is 0 Å². The number of benzene rings is 1. The molecular formula is C15H24N2O3. The zero-order chi connectivity index (χ0) is 15.0. The van der Waals surface area contributed by atoms with Gasteiger partial charge in [-0.25, -0.2) is 0 Å². The summed E-state index contributed by atoms with van der Waals surface area (Å²) in [6.07, 6.45) is 0. The Hall–Kier alpha value is -1.91. The van der Waals surface area contributed by atoms with Crippen LogP contribution in [-0.2, 0) is 4.79 Å². The topological polar surface area (TPSA) is 59.6 Å². The van der Waals surface area contributed by atoms with Crippen molar-refractivity contribution in [3.63, 3.8) is 0 Å². The van der Waals surface area contributed by atoms with Crippen molar-refractivity contribution in [3.05, 3.63) is 18.2 Å². The predicted molar refractivity (Wildman–Crippen MR) is 80.5 cm³/mol. The van der Waals surface area contributed by atoms with Crippen molar-refractivity contribution >= 4 is 11.6 Å². The average Bonchev–Trinajstić information content (AvgIpc) is 2.42. The highest BCUT2D eigenvalue weighted by Gasteiger charge is 2.14. The van der Waals surface area contributed by atoms with Crippen LogP contribution in [0.3, 0.4) is 0 Å². The molecule has 1 aromatic rings. The van der Waals surface area contributed by atoms with E-state index in [0.29, 0.717) is 25.5 Å². The van der Waals surface area contributed by atoms with E-state index >= 15 is 0 Å². The molecule has 5 heteroatoms. The van der Waals surface area contributed by atoms with Gasteiger partial charge in [-0.1, -0.05) is 0 Å². The van der Waals surface area contributed by atoms with Crippen molar-refractivity contribution in [2.45, 2.75) is 33.7 Å². The molecule has 112 valence electrons. The average molecular weight is 280 g/mol. The summed E-state index contributed by atoms with van der Waals surface area (Å²) in [6, 6.07) is 5.22. The molecule has 1 rings (SSSR count). The molecule has 0 saturated carbocycles. The standard InChI is InChI=1S/C15H24N2O3/c1-5-16-15(18)11(4)17-13-10-12(19-6-2)8-9-14(13)20-7-3/h8-11,17H,5-7H2,1-4H3,(H,16,18). The number of carbonyl (C=O) groups excluding carboxylic acids is 1. The summed E-state index contributed by atoms with van der Waals surface area (Å²) >= 11 is 0. The number of anilines is 1. The Morgan fingerprint density at radius 3 is 2.50 bits per heavy atom. The lowest BCUT2D eigenvalue weighted by Gasteiger charge is -2.18. The lowest BCUT2D eigenvalue weighted by atomic mass is 10.2. The molecule has 0 aliphatic carbocycles. The SMILES string of the molecule is CCNC(=O)C(C)Nc1cc(OCC)ccc1OCC. The smallest absolute Gasteiger partial charge is 0.242 e. The summed E-state index contributed by atoms with van der Waals surface area (Å²) in [4.78, 5) is 11.8. The molecule has 0 heterocycles. The van der Waals surface area contributed by atoms with Gasteiger partial charge in [0.25, 0.3) is 0 Å². The van der Waals surface area contributed by atoms with E-state index < -0.39 is 0 Å². The van der Waals surface area contributed by atoms with Gasteiger partial charge in [-0.2, -0.15) is 0 Å². The maximum absolute atomic E-state index is 11.8. The molecule has 1 amide bonds. The minimum absolute atomic E-state index is 0.0447. The maximum atomic E-state index is 11.8. The number of carbonyl (C=O) groups is 1. The van der Waals surface area contributed by atoms with Crippen LogP contribution >= 0.6 is 0 Å². The van der Waals surface area contributed by atoms with Crippen molar-refractivity contribution in [2.24, 2.45) is 0 Å². The molecule has 0 fully saturated rings. The van der Waals surface area contributed by atoms with Crippen molar-refractivity contribution in [3.8, 4) is 11.5 Å². The number of rotatable bonds is 8. The molecule has 1 atom stereocenters. The number of ether oxygens (including phenoxy) is 2. The molecule has 0 spiro atoms. The quantitative estimate of drug-likeness (QED) is 0.768. The second-order valence-corrected chi connectivity index (χ2v) is 4.28. The van der Waals surface area contributed by atoms with Crippen LogP contribution in [0.15, 0.2) is 18.2 Å². The zero-order valence-electron chi connectivity index (χ0n) is 12.7. The Labute approximate surface area is 120 Å². The van der Waals surface area contributed by atoms with Gasteiger partial charge in [-0.3, -0.25) is 4.79 Å². The Morgan fingerprint density at radius 1 is 1.20 bits per heavy atom. The van der Waals surface area contributed by atoms with Crippen molar-refractivity contribution in [2.75, 3.05) is 25.1 Å². The minimum atomic E-state index is -0.342. The molecule has 1 aromatic carbocycles. The normalized spacial score (nSPS) is 11.6. The fraction of sp³-hybridized carbons (Fsp3) is 0.533. The summed E-state index contributed by atoms with van der Waals surface area (Å²) < 4.78 is 11.0. The van der Waals surface area contributed by atoms with Crippen LogP contribution in [0, 0.1) is 0 Å². The molecule has 2 N–H and O–H groups in total. The van der Waals surface area contributed by atoms with Gasteiger partial charge in [0.15, 0.2) is 0 Å². The van der Waals surface area contributed by atoms with Crippen LogP contribution in [0.2, 0.25) is 0 Å². The third-order valence-corrected chi connectivity index (χ3v) is 2.68. The minimum Gasteiger partial charge on any atom is -0.494 e. The molecule has 0 aliphatic heterocycles. The molecule has 20 heavy (non-hydrogen) atoms. The number of hydrogen-bond acceptors (Lipinski definition) is 4. The summed E-state index contributed by atoms with van der Waals surface area (Å²) in [5.74, 6) is 1.42. The molecule has 0 saturated heterocycles. The number of hydrogen-bond donors (Lipinski definition) is 2. The fourth-order valence-electron chi connectivity index (χ4n) is 1.79. The van der Waals surface area contributed by atoms with Crippen LogP contribution in [-0.4, -0.2) is 31.7 Å². The van der Waals surface area contributed by atoms with Crippen molar-refractivity contribution in [1.82, 2.24) is 5.32 Å². The monoisotopic (exact) mass is 280 g/mol. The molecular weight excluding hydrogens is 256 g/mol. The van der Waals surface area contributed by atoms with Gasteiger partial charge in [0, 0.05) is 12.6 Å². The summed E-state index contributed by atoms with van der Waals surface area (Å²) in [6.45, 7) is 9.34. The molecule has 1 unspecified atom stereocenters. The van der Waals surface area contributed by atoms with E-state index in [1.807, 2.05) is 45.9 Å². The van der Waals surface area contributed by atoms with Gasteiger partial charge in [-0.05, 0) is 39.8 Å². The first kappa shape index (κ1) is 16.1. The maximum Gasteiger partial charge on any atom is 0.242 e. The molecule has 0 radical (unpaired) electrons. The van der Waals surface area contributed by atoms with Gasteiger partial charge in [0.05, 0.1) is 18.9 Å². The third-order valence-electron chi connectivity index (χ3n) is 2.68. The van der Waals surface area contributed by atoms with Gasteiger partial charge in [0.1, 0.15) is 17.5 Å². The first-order valence-electron chi connectivity index (χ1n) is 7.06. The van der Waals surface area contributed by atoms with Crippen molar-refractivity contribution in [1.29, 1.82) is 0 Å². The second-order valence-electron chi connectivity index (χ2n) is 4.28. The molecule has 0 bridgehead atoms. The first-order valence-corrected chi connectivity index (χ1v) is 7.06. The van der Waals surface area contributed by atoms with Crippen LogP contribution in [0.1, 0.15) is 27.7 Å². The van der Waals surface area contributed by atoms with E-state index in [4.69, 9.17) is 9.47 Å². The van der Waals surface area contributed by atoms with Gasteiger partial charge >= 0.3 is 0 Å².